The van der Waals surface area contributed by atoms with Gasteiger partial charge in [-0.3, -0.25) is 4.79 Å². The normalized spacial score (nSPS) is 18.9. The van der Waals surface area contributed by atoms with Crippen LogP contribution in [0, 0.1) is 6.92 Å². The van der Waals surface area contributed by atoms with Crippen LogP contribution in [0.5, 0.6) is 0 Å². The minimum Gasteiger partial charge on any atom is -0.373 e. The third-order valence-corrected chi connectivity index (χ3v) is 5.66. The van der Waals surface area contributed by atoms with Crippen LogP contribution in [0.1, 0.15) is 37.8 Å². The van der Waals surface area contributed by atoms with Gasteiger partial charge in [-0.1, -0.05) is 36.7 Å². The molecule has 0 fully saturated rings. The summed E-state index contributed by atoms with van der Waals surface area (Å²) in [6, 6.07) is 10.3. The maximum atomic E-state index is 12.8. The molecule has 1 atom stereocenters. The van der Waals surface area contributed by atoms with Gasteiger partial charge in [-0.2, -0.15) is 0 Å². The van der Waals surface area contributed by atoms with E-state index in [1.807, 2.05) is 39.1 Å². The number of halogens is 1. The van der Waals surface area contributed by atoms with Crippen molar-refractivity contribution >= 4 is 34.0 Å². The molecule has 2 aromatic carbocycles. The van der Waals surface area contributed by atoms with Crippen LogP contribution in [0.3, 0.4) is 0 Å². The quantitative estimate of drug-likeness (QED) is 0.592. The number of hydrogen-bond acceptors (Lipinski definition) is 2. The number of fused-ring (bicyclic) bond motifs is 2. The van der Waals surface area contributed by atoms with E-state index in [1.54, 1.807) is 0 Å². The van der Waals surface area contributed by atoms with Crippen LogP contribution >= 0.6 is 11.6 Å². The second-order valence-electron chi connectivity index (χ2n) is 7.43. The molecule has 2 heterocycles. The van der Waals surface area contributed by atoms with Gasteiger partial charge in [0.2, 0.25) is 0 Å². The fourth-order valence-corrected chi connectivity index (χ4v) is 4.36. The molecule has 1 aromatic heterocycles. The average Bonchev–Trinajstić information content (AvgIpc) is 3.04. The number of H-pyrrole nitrogens is 1. The second-order valence-corrected chi connectivity index (χ2v) is 7.81. The third-order valence-electron chi connectivity index (χ3n) is 5.25. The molecular formula is C21H21ClN2O. The fraction of sp³-hybridized carbons (Fsp3) is 0.286. The number of hydrogen-bond donors (Lipinski definition) is 2. The number of rotatable bonds is 1. The van der Waals surface area contributed by atoms with E-state index < -0.39 is 5.54 Å². The summed E-state index contributed by atoms with van der Waals surface area (Å²) in [6.07, 6.45) is 1.93. The summed E-state index contributed by atoms with van der Waals surface area (Å²) in [5.74, 6) is -0.0724. The molecular weight excluding hydrogens is 332 g/mol. The van der Waals surface area contributed by atoms with Gasteiger partial charge < -0.3 is 10.3 Å². The Morgan fingerprint density at radius 2 is 1.92 bits per heavy atom. The van der Waals surface area contributed by atoms with Crippen LogP contribution in [0.4, 0.5) is 5.69 Å². The molecule has 0 aliphatic carbocycles. The number of anilines is 1. The summed E-state index contributed by atoms with van der Waals surface area (Å²) in [7, 11) is 0. The van der Waals surface area contributed by atoms with Gasteiger partial charge in [0.15, 0.2) is 5.78 Å². The molecule has 4 heteroatoms. The van der Waals surface area contributed by atoms with Crippen LogP contribution in [0.15, 0.2) is 36.5 Å². The maximum absolute atomic E-state index is 12.8. The molecule has 4 rings (SSSR count). The van der Waals surface area contributed by atoms with Crippen LogP contribution < -0.4 is 5.32 Å². The lowest BCUT2D eigenvalue weighted by Crippen LogP contribution is -2.46. The first-order valence-corrected chi connectivity index (χ1v) is 8.91. The summed E-state index contributed by atoms with van der Waals surface area (Å²) in [4.78, 5) is 16.1. The number of carbonyl (C=O) groups is 1. The van der Waals surface area contributed by atoms with Gasteiger partial charge in [-0.05, 0) is 43.9 Å². The van der Waals surface area contributed by atoms with Crippen molar-refractivity contribution in [2.75, 3.05) is 5.32 Å². The number of carbonyl (C=O) groups excluding carboxylic acids is 1. The van der Waals surface area contributed by atoms with Crippen molar-refractivity contribution < 1.29 is 4.79 Å². The first-order chi connectivity index (χ1) is 11.8. The van der Waals surface area contributed by atoms with E-state index in [4.69, 9.17) is 11.6 Å². The summed E-state index contributed by atoms with van der Waals surface area (Å²) in [5.41, 5.74) is 5.50. The lowest BCUT2D eigenvalue weighted by Gasteiger charge is -2.38. The standard InChI is InChI=1S/C21H21ClN2O/c1-11-10-15(14-7-5-6-13-8-9-23-19(13)14)17(22)16-12(2)20(25)21(3,4)24-18(11)16/h5-10,12,23-24H,1-4H3/t12-/m0/s1. The zero-order valence-corrected chi connectivity index (χ0v) is 15.6. The highest BCUT2D eigenvalue weighted by molar-refractivity contribution is 6.35. The summed E-state index contributed by atoms with van der Waals surface area (Å²) in [6.45, 7) is 7.87. The van der Waals surface area contributed by atoms with Crippen LogP contribution in [0.25, 0.3) is 22.0 Å². The molecule has 0 unspecified atom stereocenters. The molecule has 1 aliphatic rings. The number of benzene rings is 2. The number of Topliss-reactive ketones (excluding diaryl/α,β-unsaturated/α-hetero) is 1. The van der Waals surface area contributed by atoms with Crippen LogP contribution in [-0.2, 0) is 4.79 Å². The number of nitrogens with one attached hydrogen (secondary N) is 2. The van der Waals surface area contributed by atoms with Crippen molar-refractivity contribution in [2.24, 2.45) is 0 Å². The zero-order valence-electron chi connectivity index (χ0n) is 14.8. The Balaban J connectivity index is 2.01. The Morgan fingerprint density at radius 1 is 1.16 bits per heavy atom. The second kappa shape index (κ2) is 5.37. The van der Waals surface area contributed by atoms with Gasteiger partial charge in [0, 0.05) is 34.5 Å². The Hall–Kier alpha value is -2.26. The van der Waals surface area contributed by atoms with Crippen molar-refractivity contribution in [2.45, 2.75) is 39.2 Å². The first kappa shape index (κ1) is 16.2. The molecule has 3 aromatic rings. The van der Waals surface area contributed by atoms with Crippen molar-refractivity contribution in [1.29, 1.82) is 0 Å². The van der Waals surface area contributed by atoms with Gasteiger partial charge in [0.1, 0.15) is 0 Å². The van der Waals surface area contributed by atoms with E-state index in [0.717, 1.165) is 38.8 Å². The fourth-order valence-electron chi connectivity index (χ4n) is 3.94. The third kappa shape index (κ3) is 2.30. The van der Waals surface area contributed by atoms with Crippen molar-refractivity contribution in [1.82, 2.24) is 4.98 Å². The van der Waals surface area contributed by atoms with Gasteiger partial charge in [0.25, 0.3) is 0 Å². The molecule has 3 nitrogen and oxygen atoms in total. The van der Waals surface area contributed by atoms with Gasteiger partial charge in [-0.15, -0.1) is 0 Å². The average molecular weight is 353 g/mol. The van der Waals surface area contributed by atoms with Gasteiger partial charge in [-0.25, -0.2) is 0 Å². The minimum atomic E-state index is -0.582. The predicted molar refractivity (Wildman–Crippen MR) is 105 cm³/mol. The Morgan fingerprint density at radius 3 is 2.68 bits per heavy atom. The first-order valence-electron chi connectivity index (χ1n) is 8.53. The number of aromatic amines is 1. The number of aryl methyl sites for hydroxylation is 1. The molecule has 2 N–H and O–H groups in total. The Kier molecular flexibility index (Phi) is 3.48. The summed E-state index contributed by atoms with van der Waals surface area (Å²) < 4.78 is 0. The minimum absolute atomic E-state index is 0.163. The Bertz CT molecular complexity index is 1020. The van der Waals surface area contributed by atoms with Crippen molar-refractivity contribution in [3.8, 4) is 11.1 Å². The smallest absolute Gasteiger partial charge is 0.164 e. The molecule has 1 aliphatic heterocycles. The van der Waals surface area contributed by atoms with Gasteiger partial charge >= 0.3 is 0 Å². The topological polar surface area (TPSA) is 44.9 Å². The predicted octanol–water partition coefficient (Wildman–Crippen LogP) is 5.67. The van der Waals surface area contributed by atoms with E-state index in [0.29, 0.717) is 5.02 Å². The molecule has 128 valence electrons. The van der Waals surface area contributed by atoms with Crippen molar-refractivity contribution in [3.05, 3.63) is 52.7 Å². The van der Waals surface area contributed by atoms with E-state index in [2.05, 4.69) is 35.4 Å². The highest BCUT2D eigenvalue weighted by Gasteiger charge is 2.40. The highest BCUT2D eigenvalue weighted by atomic mass is 35.5. The Labute approximate surface area is 152 Å². The lowest BCUT2D eigenvalue weighted by atomic mass is 9.78. The molecule has 0 radical (unpaired) electrons. The molecule has 0 spiro atoms. The number of para-hydroxylation sites is 1. The van der Waals surface area contributed by atoms with Crippen molar-refractivity contribution in [3.63, 3.8) is 0 Å². The molecule has 0 saturated carbocycles. The van der Waals surface area contributed by atoms with E-state index >= 15 is 0 Å². The SMILES string of the molecule is Cc1cc(-c2cccc3cc[nH]c23)c(Cl)c2c1NC(C)(C)C(=O)[C@H]2C. The zero-order chi connectivity index (χ0) is 17.9. The van der Waals surface area contributed by atoms with E-state index in [9.17, 15) is 4.79 Å². The molecule has 25 heavy (non-hydrogen) atoms. The van der Waals surface area contributed by atoms with Crippen LogP contribution in [0.2, 0.25) is 5.02 Å². The number of ketones is 1. The number of aromatic nitrogens is 1. The maximum Gasteiger partial charge on any atom is 0.164 e. The largest absolute Gasteiger partial charge is 0.373 e. The van der Waals surface area contributed by atoms with Crippen LogP contribution in [-0.4, -0.2) is 16.3 Å². The monoisotopic (exact) mass is 352 g/mol. The molecule has 0 bridgehead atoms. The molecule has 0 amide bonds. The van der Waals surface area contributed by atoms with E-state index in [1.165, 1.54) is 0 Å². The lowest BCUT2D eigenvalue weighted by molar-refractivity contribution is -0.123. The van der Waals surface area contributed by atoms with Gasteiger partial charge in [0.05, 0.1) is 16.1 Å². The molecule has 0 saturated heterocycles. The highest BCUT2D eigenvalue weighted by Crippen LogP contribution is 2.46. The van der Waals surface area contributed by atoms with E-state index in [-0.39, 0.29) is 11.7 Å². The summed E-state index contributed by atoms with van der Waals surface area (Å²) in [5, 5.41) is 5.20. The summed E-state index contributed by atoms with van der Waals surface area (Å²) >= 11 is 6.85.